The topological polar surface area (TPSA) is 89.3 Å². The average Bonchev–Trinajstić information content (AvgIpc) is 3.67. The summed E-state index contributed by atoms with van der Waals surface area (Å²) in [6, 6.07) is 12.8. The van der Waals surface area contributed by atoms with Crippen LogP contribution in [0.4, 0.5) is 10.1 Å². The number of hydrogen-bond acceptors (Lipinski definition) is 8. The monoisotopic (exact) mass is 604 g/mol. The Labute approximate surface area is 252 Å². The van der Waals surface area contributed by atoms with Gasteiger partial charge in [0.25, 0.3) is 5.79 Å². The van der Waals surface area contributed by atoms with Crippen molar-refractivity contribution in [2.75, 3.05) is 37.7 Å². The van der Waals surface area contributed by atoms with Crippen molar-refractivity contribution in [2.24, 2.45) is 5.41 Å². The first kappa shape index (κ1) is 26.9. The minimum Gasteiger partial charge on any atom is -0.477 e. The number of fused-ring (bicyclic) bond motifs is 2. The molecule has 0 saturated carbocycles. The molecule has 2 atom stereocenters. The van der Waals surface area contributed by atoms with Crippen molar-refractivity contribution in [3.8, 4) is 11.5 Å². The zero-order valence-corrected chi connectivity index (χ0v) is 25.0. The second-order valence-electron chi connectivity index (χ2n) is 12.6. The number of para-hydroxylation sites is 1. The number of imidazole rings is 1. The quantitative estimate of drug-likeness (QED) is 0.301. The molecule has 0 bridgehead atoms. The van der Waals surface area contributed by atoms with Gasteiger partial charge in [-0.2, -0.15) is 0 Å². The first-order chi connectivity index (χ1) is 20.7. The summed E-state index contributed by atoms with van der Waals surface area (Å²) >= 11 is 1.23. The van der Waals surface area contributed by atoms with E-state index in [1.807, 2.05) is 25.1 Å². The number of likely N-dealkylation sites (tertiary alicyclic amines) is 1. The van der Waals surface area contributed by atoms with Gasteiger partial charge in [0, 0.05) is 45.1 Å². The lowest BCUT2D eigenvalue weighted by Gasteiger charge is -2.48. The lowest BCUT2D eigenvalue weighted by Crippen LogP contribution is -2.57. The highest BCUT2D eigenvalue weighted by atomic mass is 32.1. The lowest BCUT2D eigenvalue weighted by molar-refractivity contribution is -0.0705. The number of nitrogens with zero attached hydrogens (tertiary/aromatic N) is 4. The number of ether oxygens (including phenoxy) is 3. The Hall–Kier alpha value is -3.67. The number of anilines is 1. The molecule has 4 aliphatic heterocycles. The van der Waals surface area contributed by atoms with Gasteiger partial charge in [0.1, 0.15) is 21.3 Å². The van der Waals surface area contributed by atoms with E-state index in [-0.39, 0.29) is 17.3 Å². The molecule has 1 spiro atoms. The number of carboxylic acid groups (broad SMARTS) is 1. The first-order valence-corrected chi connectivity index (χ1v) is 15.6. The fraction of sp³-hybridized carbons (Fsp3) is 0.438. The summed E-state index contributed by atoms with van der Waals surface area (Å²) in [6.07, 6.45) is 2.23. The number of halogens is 1. The van der Waals surface area contributed by atoms with E-state index in [2.05, 4.69) is 20.4 Å². The molecule has 3 fully saturated rings. The van der Waals surface area contributed by atoms with Crippen LogP contribution in [0.1, 0.15) is 46.4 Å². The highest BCUT2D eigenvalue weighted by Crippen LogP contribution is 2.52. The van der Waals surface area contributed by atoms with Gasteiger partial charge in [0.05, 0.1) is 36.0 Å². The number of carbonyl (C=O) groups is 1. The summed E-state index contributed by atoms with van der Waals surface area (Å²) in [7, 11) is 0. The Morgan fingerprint density at radius 3 is 2.77 bits per heavy atom. The summed E-state index contributed by atoms with van der Waals surface area (Å²) in [4.78, 5) is 22.3. The fourth-order valence-corrected chi connectivity index (χ4v) is 7.99. The number of aromatic carboxylic acids is 1. The van der Waals surface area contributed by atoms with Crippen LogP contribution in [0.15, 0.2) is 42.5 Å². The smallest absolute Gasteiger partial charge is 0.346 e. The van der Waals surface area contributed by atoms with Crippen LogP contribution >= 0.6 is 11.3 Å². The molecule has 3 saturated heterocycles. The molecule has 224 valence electrons. The summed E-state index contributed by atoms with van der Waals surface area (Å²) < 4.78 is 35.4. The largest absolute Gasteiger partial charge is 0.477 e. The summed E-state index contributed by atoms with van der Waals surface area (Å²) in [5, 5.41) is 9.47. The number of hydrogen-bond donors (Lipinski definition) is 1. The highest BCUT2D eigenvalue weighted by Gasteiger charge is 2.49. The third-order valence-electron chi connectivity index (χ3n) is 9.35. The van der Waals surface area contributed by atoms with Gasteiger partial charge < -0.3 is 28.8 Å². The van der Waals surface area contributed by atoms with Crippen molar-refractivity contribution in [2.45, 2.75) is 51.7 Å². The maximum Gasteiger partial charge on any atom is 0.346 e. The zero-order chi connectivity index (χ0) is 29.5. The maximum atomic E-state index is 14.9. The standard InChI is InChI=1S/C32H33FN4O5S/c1-19-6-7-21(22(33)12-19)31(2)41-25-5-3-4-23(28(25)42-31)36-10-9-32(18-36)16-35(17-32)15-27-34-29-24(13-26(43-29)30(38)39)37(27)14-20-8-11-40-20/h3-7,12-13,20H,8-11,14-18H2,1-2H3,(H,38,39)/t20-,31?/m0/s1. The fourth-order valence-electron chi connectivity index (χ4n) is 7.10. The van der Waals surface area contributed by atoms with E-state index in [4.69, 9.17) is 19.2 Å². The number of rotatable bonds is 7. The van der Waals surface area contributed by atoms with E-state index in [0.717, 1.165) is 79.6 Å². The van der Waals surface area contributed by atoms with Gasteiger partial charge in [-0.25, -0.2) is 14.2 Å². The van der Waals surface area contributed by atoms with Gasteiger partial charge in [-0.15, -0.1) is 11.3 Å². The third-order valence-corrected chi connectivity index (χ3v) is 10.4. The molecule has 0 aliphatic carbocycles. The van der Waals surface area contributed by atoms with Crippen molar-refractivity contribution in [3.05, 3.63) is 70.1 Å². The predicted molar refractivity (Wildman–Crippen MR) is 160 cm³/mol. The molecule has 0 amide bonds. The number of aryl methyl sites for hydroxylation is 1. The zero-order valence-electron chi connectivity index (χ0n) is 24.1. The van der Waals surface area contributed by atoms with Crippen LogP contribution in [0.25, 0.3) is 10.3 Å². The molecule has 6 heterocycles. The normalized spacial score (nSPS) is 24.1. The SMILES string of the molecule is Cc1ccc(C2(C)Oc3cccc(N4CCC5(CN(Cc6nc7sc(C(=O)O)cc7n6C[C@@H]6CCO6)C5)C4)c3O2)c(F)c1. The number of carboxylic acids is 1. The van der Waals surface area contributed by atoms with Gasteiger partial charge in [0.15, 0.2) is 11.5 Å². The Morgan fingerprint density at radius 2 is 2.02 bits per heavy atom. The Bertz CT molecular complexity index is 1760. The minimum absolute atomic E-state index is 0.151. The van der Waals surface area contributed by atoms with Gasteiger partial charge in [-0.3, -0.25) is 4.90 Å². The van der Waals surface area contributed by atoms with E-state index >= 15 is 0 Å². The van der Waals surface area contributed by atoms with Crippen molar-refractivity contribution < 1.29 is 28.5 Å². The molecule has 1 unspecified atom stereocenters. The van der Waals surface area contributed by atoms with E-state index in [1.54, 1.807) is 19.1 Å². The molecule has 43 heavy (non-hydrogen) atoms. The van der Waals surface area contributed by atoms with E-state index in [9.17, 15) is 14.3 Å². The number of aromatic nitrogens is 2. The molecule has 8 rings (SSSR count). The minimum atomic E-state index is -1.23. The average molecular weight is 605 g/mol. The van der Waals surface area contributed by atoms with Crippen molar-refractivity contribution >= 4 is 33.3 Å². The Kier molecular flexibility index (Phi) is 6.05. The van der Waals surface area contributed by atoms with E-state index in [0.29, 0.717) is 28.5 Å². The molecule has 0 radical (unpaired) electrons. The van der Waals surface area contributed by atoms with Crippen LogP contribution in [0, 0.1) is 18.2 Å². The molecule has 11 heteroatoms. The van der Waals surface area contributed by atoms with E-state index < -0.39 is 11.8 Å². The van der Waals surface area contributed by atoms with E-state index in [1.165, 1.54) is 17.4 Å². The Morgan fingerprint density at radius 1 is 1.19 bits per heavy atom. The number of thiophene rings is 1. The Balaban J connectivity index is 0.969. The summed E-state index contributed by atoms with van der Waals surface area (Å²) in [5.41, 5.74) is 3.27. The van der Waals surface area contributed by atoms with Gasteiger partial charge >= 0.3 is 5.97 Å². The molecule has 2 aromatic carbocycles. The molecule has 4 aliphatic rings. The first-order valence-electron chi connectivity index (χ1n) is 14.8. The number of benzene rings is 2. The highest BCUT2D eigenvalue weighted by molar-refractivity contribution is 7.20. The molecular weight excluding hydrogens is 571 g/mol. The van der Waals surface area contributed by atoms with Gasteiger partial charge in [-0.05, 0) is 55.7 Å². The molecule has 9 nitrogen and oxygen atoms in total. The van der Waals surface area contributed by atoms with Crippen LogP contribution in [0.3, 0.4) is 0 Å². The lowest BCUT2D eigenvalue weighted by atomic mass is 9.79. The summed E-state index contributed by atoms with van der Waals surface area (Å²) in [6.45, 7) is 9.56. The van der Waals surface area contributed by atoms with Crippen molar-refractivity contribution in [1.29, 1.82) is 0 Å². The molecule has 4 aromatic rings. The second-order valence-corrected chi connectivity index (χ2v) is 13.6. The van der Waals surface area contributed by atoms with Crippen LogP contribution in [0.5, 0.6) is 11.5 Å². The second kappa shape index (κ2) is 9.67. The molecular formula is C32H33FN4O5S. The van der Waals surface area contributed by atoms with Crippen molar-refractivity contribution in [3.63, 3.8) is 0 Å². The van der Waals surface area contributed by atoms with Crippen LogP contribution in [-0.2, 0) is 23.6 Å². The van der Waals surface area contributed by atoms with Crippen molar-refractivity contribution in [1.82, 2.24) is 14.5 Å². The summed E-state index contributed by atoms with van der Waals surface area (Å²) in [5.74, 6) is -0.225. The van der Waals surface area contributed by atoms with Gasteiger partial charge in [0.2, 0.25) is 0 Å². The van der Waals surface area contributed by atoms with Gasteiger partial charge in [-0.1, -0.05) is 12.1 Å². The third kappa shape index (κ3) is 4.47. The van der Waals surface area contributed by atoms with Crippen LogP contribution in [-0.4, -0.2) is 64.4 Å². The van der Waals surface area contributed by atoms with Crippen LogP contribution < -0.4 is 14.4 Å². The molecule has 2 aromatic heterocycles. The molecule has 1 N–H and O–H groups in total. The van der Waals surface area contributed by atoms with Crippen LogP contribution in [0.2, 0.25) is 0 Å². The maximum absolute atomic E-state index is 14.9. The predicted octanol–water partition coefficient (Wildman–Crippen LogP) is 5.39.